The maximum Gasteiger partial charge on any atom is 0.279 e. The molecule has 0 saturated heterocycles. The molecule has 24 heavy (non-hydrogen) atoms. The number of ether oxygens (including phenoxy) is 1. The first-order valence-corrected chi connectivity index (χ1v) is 8.15. The van der Waals surface area contributed by atoms with Crippen LogP contribution < -0.4 is 9.64 Å². The van der Waals surface area contributed by atoms with Gasteiger partial charge in [0.15, 0.2) is 5.78 Å². The molecule has 2 aromatic carbocycles. The Bertz CT molecular complexity index is 830. The van der Waals surface area contributed by atoms with Crippen LogP contribution in [0.25, 0.3) is 0 Å². The Hall–Kier alpha value is -1.75. The van der Waals surface area contributed by atoms with Gasteiger partial charge in [-0.25, -0.2) is 0 Å². The van der Waals surface area contributed by atoms with E-state index in [1.807, 2.05) is 0 Å². The van der Waals surface area contributed by atoms with E-state index in [2.05, 4.69) is 0 Å². The topological polar surface area (TPSA) is 46.6 Å². The largest absolute Gasteiger partial charge is 0.497 e. The van der Waals surface area contributed by atoms with E-state index in [1.54, 1.807) is 42.5 Å². The van der Waals surface area contributed by atoms with Crippen molar-refractivity contribution in [2.45, 2.75) is 10.3 Å². The van der Waals surface area contributed by atoms with Gasteiger partial charge in [0.2, 0.25) is 0 Å². The van der Waals surface area contributed by atoms with E-state index in [9.17, 15) is 9.59 Å². The Kier molecular flexibility index (Phi) is 4.47. The van der Waals surface area contributed by atoms with Gasteiger partial charge in [-0.1, -0.05) is 59.1 Å². The second-order valence-corrected chi connectivity index (χ2v) is 7.54. The van der Waals surface area contributed by atoms with Gasteiger partial charge in [-0.15, -0.1) is 0 Å². The minimum atomic E-state index is -2.14. The van der Waals surface area contributed by atoms with Crippen molar-refractivity contribution < 1.29 is 14.3 Å². The van der Waals surface area contributed by atoms with E-state index in [4.69, 9.17) is 39.5 Å². The Balaban J connectivity index is 2.24. The molecule has 2 aromatic rings. The van der Waals surface area contributed by atoms with Crippen LogP contribution in [-0.2, 0) is 11.3 Å². The molecule has 1 amide bonds. The van der Waals surface area contributed by atoms with Crippen molar-refractivity contribution in [2.24, 2.45) is 0 Å². The van der Waals surface area contributed by atoms with Crippen molar-refractivity contribution >= 4 is 52.2 Å². The van der Waals surface area contributed by atoms with E-state index in [0.717, 1.165) is 0 Å². The zero-order chi connectivity index (χ0) is 17.5. The summed E-state index contributed by atoms with van der Waals surface area (Å²) in [6, 6.07) is 11.9. The summed E-state index contributed by atoms with van der Waals surface area (Å²) in [5.74, 6) is -0.427. The van der Waals surface area contributed by atoms with Gasteiger partial charge in [0.25, 0.3) is 9.70 Å². The van der Waals surface area contributed by atoms with Gasteiger partial charge < -0.3 is 9.64 Å². The van der Waals surface area contributed by atoms with Crippen molar-refractivity contribution in [1.29, 1.82) is 0 Å². The Morgan fingerprint density at radius 2 is 1.83 bits per heavy atom. The fourth-order valence-corrected chi connectivity index (χ4v) is 2.97. The molecule has 0 aliphatic carbocycles. The van der Waals surface area contributed by atoms with E-state index in [-0.39, 0.29) is 12.3 Å². The monoisotopic (exact) mass is 383 g/mol. The number of alkyl halides is 3. The molecule has 3 rings (SSSR count). The summed E-state index contributed by atoms with van der Waals surface area (Å²) in [5, 5.41) is 0. The number of rotatable bonds is 1. The van der Waals surface area contributed by atoms with Crippen LogP contribution in [0.15, 0.2) is 42.5 Å². The summed E-state index contributed by atoms with van der Waals surface area (Å²) in [7, 11) is 1.50. The molecule has 0 unspecified atom stereocenters. The minimum Gasteiger partial charge on any atom is -0.497 e. The maximum atomic E-state index is 12.9. The van der Waals surface area contributed by atoms with E-state index >= 15 is 0 Å². The third-order valence-electron chi connectivity index (χ3n) is 3.82. The van der Waals surface area contributed by atoms with Crippen molar-refractivity contribution in [3.63, 3.8) is 0 Å². The Morgan fingerprint density at radius 3 is 2.50 bits per heavy atom. The molecule has 7 heteroatoms. The number of hydrogen-bond donors (Lipinski definition) is 0. The van der Waals surface area contributed by atoms with Crippen molar-refractivity contribution in [3.05, 3.63) is 59.2 Å². The lowest BCUT2D eigenvalue weighted by Crippen LogP contribution is -2.39. The van der Waals surface area contributed by atoms with Crippen LogP contribution in [0.3, 0.4) is 0 Å². The van der Waals surface area contributed by atoms with Crippen LogP contribution in [-0.4, -0.2) is 22.6 Å². The van der Waals surface area contributed by atoms with Crippen LogP contribution in [0.5, 0.6) is 5.75 Å². The molecular weight excluding hydrogens is 373 g/mol. The molecule has 0 N–H and O–H groups in total. The average Bonchev–Trinajstić information content (AvgIpc) is 2.68. The second-order valence-electron chi connectivity index (χ2n) is 5.26. The summed E-state index contributed by atoms with van der Waals surface area (Å²) in [6.07, 6.45) is 0. The van der Waals surface area contributed by atoms with Crippen LogP contribution in [0.2, 0.25) is 0 Å². The number of hydrogen-bond acceptors (Lipinski definition) is 3. The number of carbonyl (C=O) groups is 2. The molecule has 0 atom stereocenters. The number of halogens is 3. The quantitative estimate of drug-likeness (QED) is 0.694. The van der Waals surface area contributed by atoms with Crippen molar-refractivity contribution in [3.8, 4) is 5.75 Å². The molecule has 0 aromatic heterocycles. The molecule has 1 aliphatic rings. The number of amides is 1. The lowest BCUT2D eigenvalue weighted by atomic mass is 9.99. The van der Waals surface area contributed by atoms with Crippen LogP contribution >= 0.6 is 34.8 Å². The van der Waals surface area contributed by atoms with Crippen LogP contribution in [0.1, 0.15) is 21.5 Å². The zero-order valence-corrected chi connectivity index (χ0v) is 14.8. The first-order valence-electron chi connectivity index (χ1n) is 7.02. The molecule has 0 bridgehead atoms. The van der Waals surface area contributed by atoms with Gasteiger partial charge in [-0.3, -0.25) is 9.59 Å². The third kappa shape index (κ3) is 2.97. The van der Waals surface area contributed by atoms with E-state index < -0.39 is 9.70 Å². The Morgan fingerprint density at radius 1 is 1.12 bits per heavy atom. The van der Waals surface area contributed by atoms with Crippen molar-refractivity contribution in [2.75, 3.05) is 12.0 Å². The third-order valence-corrected chi connectivity index (χ3v) is 4.30. The molecule has 1 aliphatic heterocycles. The summed E-state index contributed by atoms with van der Waals surface area (Å²) >= 11 is 17.4. The highest BCUT2D eigenvalue weighted by atomic mass is 35.6. The van der Waals surface area contributed by atoms with Crippen LogP contribution in [0, 0.1) is 0 Å². The van der Waals surface area contributed by atoms with E-state index in [0.29, 0.717) is 28.1 Å². The summed E-state index contributed by atoms with van der Waals surface area (Å²) in [6.45, 7) is 0.120. The van der Waals surface area contributed by atoms with Gasteiger partial charge in [-0.2, -0.15) is 0 Å². The maximum absolute atomic E-state index is 12.9. The first kappa shape index (κ1) is 17.1. The SMILES string of the molecule is COc1ccc2c(c1)N(C(=O)C(Cl)(Cl)Cl)Cc1ccccc1C2=O. The van der Waals surface area contributed by atoms with Crippen LogP contribution in [0.4, 0.5) is 5.69 Å². The highest BCUT2D eigenvalue weighted by molar-refractivity contribution is 6.77. The molecular formula is C17H12Cl3NO3. The number of anilines is 1. The lowest BCUT2D eigenvalue weighted by molar-refractivity contribution is -0.117. The second kappa shape index (κ2) is 6.28. The van der Waals surface area contributed by atoms with Gasteiger partial charge >= 0.3 is 0 Å². The molecule has 1 heterocycles. The molecule has 0 radical (unpaired) electrons. The number of fused-ring (bicyclic) bond motifs is 2. The average molecular weight is 385 g/mol. The predicted octanol–water partition coefficient (Wildman–Crippen LogP) is 4.14. The van der Waals surface area contributed by atoms with Crippen molar-refractivity contribution in [1.82, 2.24) is 0 Å². The first-order chi connectivity index (χ1) is 11.3. The Labute approximate surface area is 153 Å². The summed E-state index contributed by atoms with van der Waals surface area (Å²) < 4.78 is 3.06. The minimum absolute atomic E-state index is 0.120. The normalized spacial score (nSPS) is 13.8. The number of carbonyl (C=O) groups excluding carboxylic acids is 2. The molecule has 0 fully saturated rings. The van der Waals surface area contributed by atoms with Gasteiger partial charge in [0, 0.05) is 17.2 Å². The highest BCUT2D eigenvalue weighted by Gasteiger charge is 2.39. The predicted molar refractivity (Wildman–Crippen MR) is 94.3 cm³/mol. The highest BCUT2D eigenvalue weighted by Crippen LogP contribution is 2.38. The standard InChI is InChI=1S/C17H12Cl3NO3/c1-24-11-6-7-13-14(8-11)21(16(23)17(18,19)20)9-10-4-2-3-5-12(10)15(13)22/h2-8H,9H2,1H3. The number of ketones is 1. The van der Waals surface area contributed by atoms with Gasteiger partial charge in [0.1, 0.15) is 5.75 Å². The summed E-state index contributed by atoms with van der Waals surface area (Å²) in [4.78, 5) is 26.8. The fraction of sp³-hybridized carbons (Fsp3) is 0.176. The molecule has 0 spiro atoms. The molecule has 124 valence electrons. The summed E-state index contributed by atoms with van der Waals surface area (Å²) in [5.41, 5.74) is 1.90. The molecule has 4 nitrogen and oxygen atoms in total. The lowest BCUT2D eigenvalue weighted by Gasteiger charge is -2.26. The number of nitrogens with zero attached hydrogens (tertiary/aromatic N) is 1. The van der Waals surface area contributed by atoms with E-state index in [1.165, 1.54) is 12.0 Å². The fourth-order valence-electron chi connectivity index (χ4n) is 2.67. The van der Waals surface area contributed by atoms with Gasteiger partial charge in [-0.05, 0) is 17.7 Å². The molecule has 0 saturated carbocycles. The smallest absolute Gasteiger partial charge is 0.279 e. The van der Waals surface area contributed by atoms with Gasteiger partial charge in [0.05, 0.1) is 19.3 Å². The zero-order valence-electron chi connectivity index (χ0n) is 12.6. The number of methoxy groups -OCH3 is 1. The number of benzene rings is 2.